The first-order chi connectivity index (χ1) is 13.8. The number of morpholine rings is 1. The maximum Gasteiger partial charge on any atom is 0.283 e. The fraction of sp³-hybridized carbons (Fsp3) is 0.190. The van der Waals surface area contributed by atoms with Gasteiger partial charge in [-0.25, -0.2) is 9.97 Å². The largest absolute Gasteiger partial charge is 0.378 e. The summed E-state index contributed by atoms with van der Waals surface area (Å²) in [6.07, 6.45) is 3.77. The first-order valence-electron chi connectivity index (χ1n) is 9.15. The molecule has 4 heterocycles. The summed E-state index contributed by atoms with van der Waals surface area (Å²) in [5.41, 5.74) is 4.72. The third kappa shape index (κ3) is 3.08. The van der Waals surface area contributed by atoms with E-state index in [0.29, 0.717) is 31.3 Å². The fourth-order valence-corrected chi connectivity index (χ4v) is 4.19. The zero-order valence-electron chi connectivity index (χ0n) is 15.1. The van der Waals surface area contributed by atoms with E-state index in [1.165, 1.54) is 11.3 Å². The average Bonchev–Trinajstić information content (AvgIpc) is 3.41. The van der Waals surface area contributed by atoms with Crippen LogP contribution in [-0.2, 0) is 4.74 Å². The molecular formula is C21H18N4O2S. The number of benzene rings is 1. The highest BCUT2D eigenvalue weighted by molar-refractivity contribution is 7.12. The molecule has 5 rings (SSSR count). The van der Waals surface area contributed by atoms with Crippen molar-refractivity contribution in [2.45, 2.75) is 0 Å². The summed E-state index contributed by atoms with van der Waals surface area (Å²) in [7, 11) is 0. The number of aromatic amines is 1. The maximum absolute atomic E-state index is 12.7. The summed E-state index contributed by atoms with van der Waals surface area (Å²) in [6.45, 7) is 2.40. The molecule has 3 aromatic heterocycles. The predicted molar refractivity (Wildman–Crippen MR) is 109 cm³/mol. The van der Waals surface area contributed by atoms with Gasteiger partial charge in [-0.1, -0.05) is 30.3 Å². The Labute approximate surface area is 165 Å². The molecule has 1 aliphatic heterocycles. The molecule has 0 atom stereocenters. The van der Waals surface area contributed by atoms with Crippen molar-refractivity contribution in [2.75, 3.05) is 26.3 Å². The van der Waals surface area contributed by atoms with Gasteiger partial charge in [0.25, 0.3) is 5.91 Å². The number of hydrogen-bond acceptors (Lipinski definition) is 5. The van der Waals surface area contributed by atoms with E-state index in [9.17, 15) is 4.79 Å². The number of pyridine rings is 1. The molecule has 0 bridgehead atoms. The van der Waals surface area contributed by atoms with Crippen LogP contribution in [0.1, 0.15) is 9.80 Å². The zero-order chi connectivity index (χ0) is 18.9. The molecule has 1 amide bonds. The monoisotopic (exact) mass is 390 g/mol. The quantitative estimate of drug-likeness (QED) is 0.577. The van der Waals surface area contributed by atoms with Gasteiger partial charge in [-0.15, -0.1) is 11.3 Å². The lowest BCUT2D eigenvalue weighted by Gasteiger charge is -2.25. The van der Waals surface area contributed by atoms with E-state index >= 15 is 0 Å². The van der Waals surface area contributed by atoms with Gasteiger partial charge < -0.3 is 14.6 Å². The van der Waals surface area contributed by atoms with Crippen molar-refractivity contribution < 1.29 is 9.53 Å². The minimum absolute atomic E-state index is 0.0255. The van der Waals surface area contributed by atoms with Crippen LogP contribution in [0, 0.1) is 0 Å². The van der Waals surface area contributed by atoms with E-state index in [-0.39, 0.29) is 5.91 Å². The third-order valence-electron chi connectivity index (χ3n) is 4.90. The van der Waals surface area contributed by atoms with Crippen LogP contribution in [0.3, 0.4) is 0 Å². The molecule has 0 radical (unpaired) electrons. The van der Waals surface area contributed by atoms with Crippen molar-refractivity contribution in [3.63, 3.8) is 0 Å². The van der Waals surface area contributed by atoms with E-state index in [0.717, 1.165) is 33.4 Å². The second-order valence-corrected chi connectivity index (χ2v) is 7.49. The van der Waals surface area contributed by atoms with Gasteiger partial charge in [0.2, 0.25) is 0 Å². The SMILES string of the molecule is O=C(c1nc(-c2c[nH]c3ncc(-c4ccccc4)cc23)cs1)N1CCOCC1. The smallest absolute Gasteiger partial charge is 0.283 e. The van der Waals surface area contributed by atoms with Crippen molar-refractivity contribution in [2.24, 2.45) is 0 Å². The van der Waals surface area contributed by atoms with Gasteiger partial charge in [0.1, 0.15) is 5.65 Å². The van der Waals surface area contributed by atoms with E-state index < -0.39 is 0 Å². The van der Waals surface area contributed by atoms with Crippen molar-refractivity contribution in [3.05, 3.63) is 59.2 Å². The molecule has 4 aromatic rings. The molecule has 0 aliphatic carbocycles. The van der Waals surface area contributed by atoms with Crippen molar-refractivity contribution in [3.8, 4) is 22.4 Å². The van der Waals surface area contributed by atoms with Gasteiger partial charge >= 0.3 is 0 Å². The molecular weight excluding hydrogens is 372 g/mol. The second-order valence-electron chi connectivity index (χ2n) is 6.63. The minimum Gasteiger partial charge on any atom is -0.378 e. The number of nitrogens with one attached hydrogen (secondary N) is 1. The normalized spacial score (nSPS) is 14.5. The Kier molecular flexibility index (Phi) is 4.38. The summed E-state index contributed by atoms with van der Waals surface area (Å²) in [5, 5.41) is 3.45. The number of carbonyl (C=O) groups excluding carboxylic acids is 1. The molecule has 0 unspecified atom stereocenters. The van der Waals surface area contributed by atoms with Crippen molar-refractivity contribution in [1.29, 1.82) is 0 Å². The predicted octanol–water partition coefficient (Wildman–Crippen LogP) is 3.83. The molecule has 1 saturated heterocycles. The number of aromatic nitrogens is 3. The highest BCUT2D eigenvalue weighted by atomic mass is 32.1. The number of thiazole rings is 1. The molecule has 7 heteroatoms. The lowest BCUT2D eigenvalue weighted by atomic mass is 10.1. The molecule has 1 fully saturated rings. The van der Waals surface area contributed by atoms with Crippen LogP contribution in [0.15, 0.2) is 54.2 Å². The number of fused-ring (bicyclic) bond motifs is 1. The van der Waals surface area contributed by atoms with Crippen LogP contribution in [0.4, 0.5) is 0 Å². The van der Waals surface area contributed by atoms with Gasteiger partial charge in [0, 0.05) is 47.4 Å². The Morgan fingerprint density at radius 1 is 1.14 bits per heavy atom. The molecule has 28 heavy (non-hydrogen) atoms. The van der Waals surface area contributed by atoms with Crippen LogP contribution in [0.2, 0.25) is 0 Å². The number of ether oxygens (including phenoxy) is 1. The van der Waals surface area contributed by atoms with Crippen molar-refractivity contribution in [1.82, 2.24) is 19.9 Å². The minimum atomic E-state index is -0.0255. The van der Waals surface area contributed by atoms with Gasteiger partial charge in [0.05, 0.1) is 18.9 Å². The van der Waals surface area contributed by atoms with E-state index in [2.05, 4.69) is 33.2 Å². The van der Waals surface area contributed by atoms with Crippen LogP contribution in [0.25, 0.3) is 33.4 Å². The van der Waals surface area contributed by atoms with Gasteiger partial charge in [-0.2, -0.15) is 0 Å². The van der Waals surface area contributed by atoms with Crippen LogP contribution in [0.5, 0.6) is 0 Å². The number of nitrogens with zero attached hydrogens (tertiary/aromatic N) is 3. The third-order valence-corrected chi connectivity index (χ3v) is 5.73. The topological polar surface area (TPSA) is 71.1 Å². The standard InChI is InChI=1S/C21H18N4O2S/c26-21(25-6-8-27-9-7-25)20-24-18(13-28-20)17-12-23-19-16(17)10-15(11-22-19)14-4-2-1-3-5-14/h1-5,10-13H,6-9H2,(H,22,23). The number of H-pyrrole nitrogens is 1. The number of amides is 1. The highest BCUT2D eigenvalue weighted by Crippen LogP contribution is 2.31. The Morgan fingerprint density at radius 3 is 2.79 bits per heavy atom. The summed E-state index contributed by atoms with van der Waals surface area (Å²) in [4.78, 5) is 26.9. The number of hydrogen-bond donors (Lipinski definition) is 1. The van der Waals surface area contributed by atoms with Crippen LogP contribution < -0.4 is 0 Å². The van der Waals surface area contributed by atoms with Gasteiger partial charge in [-0.05, 0) is 11.6 Å². The molecule has 6 nitrogen and oxygen atoms in total. The Hall–Kier alpha value is -3.03. The Balaban J connectivity index is 1.49. The second kappa shape index (κ2) is 7.18. The molecule has 1 N–H and O–H groups in total. The maximum atomic E-state index is 12.7. The first-order valence-corrected chi connectivity index (χ1v) is 10.0. The highest BCUT2D eigenvalue weighted by Gasteiger charge is 2.22. The summed E-state index contributed by atoms with van der Waals surface area (Å²) in [5.74, 6) is -0.0255. The lowest BCUT2D eigenvalue weighted by molar-refractivity contribution is 0.0303. The van der Waals surface area contributed by atoms with E-state index in [1.807, 2.05) is 36.0 Å². The molecule has 1 aliphatic rings. The van der Waals surface area contributed by atoms with Crippen LogP contribution in [-0.4, -0.2) is 52.1 Å². The van der Waals surface area contributed by atoms with Gasteiger partial charge in [0.15, 0.2) is 5.01 Å². The first kappa shape index (κ1) is 17.1. The summed E-state index contributed by atoms with van der Waals surface area (Å²) < 4.78 is 5.32. The Bertz CT molecular complexity index is 1130. The van der Waals surface area contributed by atoms with Crippen molar-refractivity contribution >= 4 is 28.3 Å². The van der Waals surface area contributed by atoms with E-state index in [4.69, 9.17) is 4.74 Å². The molecule has 0 saturated carbocycles. The molecule has 1 aromatic carbocycles. The van der Waals surface area contributed by atoms with Gasteiger partial charge in [-0.3, -0.25) is 4.79 Å². The lowest BCUT2D eigenvalue weighted by Crippen LogP contribution is -2.40. The van der Waals surface area contributed by atoms with Crippen LogP contribution >= 0.6 is 11.3 Å². The number of rotatable bonds is 3. The zero-order valence-corrected chi connectivity index (χ0v) is 15.9. The number of carbonyl (C=O) groups is 1. The molecule has 140 valence electrons. The summed E-state index contributed by atoms with van der Waals surface area (Å²) >= 11 is 1.38. The van der Waals surface area contributed by atoms with E-state index in [1.54, 1.807) is 4.90 Å². The fourth-order valence-electron chi connectivity index (χ4n) is 3.40. The Morgan fingerprint density at radius 2 is 1.96 bits per heavy atom. The summed E-state index contributed by atoms with van der Waals surface area (Å²) in [6, 6.07) is 12.3. The molecule has 0 spiro atoms. The average molecular weight is 390 g/mol.